The topological polar surface area (TPSA) is 74.6 Å². The van der Waals surface area contributed by atoms with Crippen molar-refractivity contribution in [3.8, 4) is 5.75 Å². The Morgan fingerprint density at radius 2 is 1.73 bits per heavy atom. The molecule has 0 bridgehead atoms. The van der Waals surface area contributed by atoms with Gasteiger partial charge >= 0.3 is 0 Å². The molecule has 0 saturated heterocycles. The number of rotatable bonds is 0. The lowest BCUT2D eigenvalue weighted by molar-refractivity contribution is -0.111. The van der Waals surface area contributed by atoms with Crippen molar-refractivity contribution in [3.05, 3.63) is 34.4 Å². The van der Waals surface area contributed by atoms with Crippen LogP contribution in [0.4, 0.5) is 0 Å². The van der Waals surface area contributed by atoms with Crippen molar-refractivity contribution in [2.24, 2.45) is 0 Å². The number of allylic oxidation sites excluding steroid dienone is 1. The number of hydrogen-bond acceptors (Lipinski definition) is 4. The van der Waals surface area contributed by atoms with Crippen molar-refractivity contribution in [1.29, 1.82) is 0 Å². The predicted molar refractivity (Wildman–Crippen MR) is 53.1 cm³/mol. The number of fused-ring (bicyclic) bond motifs is 1. The van der Waals surface area contributed by atoms with Crippen molar-refractivity contribution in [3.63, 3.8) is 0 Å². The van der Waals surface area contributed by atoms with Crippen LogP contribution in [0.5, 0.6) is 5.75 Å². The van der Waals surface area contributed by atoms with Gasteiger partial charge in [-0.25, -0.2) is 0 Å². The molecule has 1 aliphatic rings. The van der Waals surface area contributed by atoms with E-state index in [1.165, 1.54) is 12.1 Å². The van der Waals surface area contributed by atoms with Crippen LogP contribution in [-0.2, 0) is 4.79 Å². The molecule has 0 unspecified atom stereocenters. The molecule has 0 fully saturated rings. The zero-order valence-electron chi connectivity index (χ0n) is 7.32. The van der Waals surface area contributed by atoms with Crippen molar-refractivity contribution in [1.82, 2.24) is 0 Å². The molecule has 0 amide bonds. The van der Waals surface area contributed by atoms with Crippen molar-refractivity contribution >= 4 is 28.9 Å². The Bertz CT molecular complexity index is 516. The molecule has 2 rings (SSSR count). The summed E-state index contributed by atoms with van der Waals surface area (Å²) in [5.74, 6) is -2.42. The minimum absolute atomic E-state index is 0.0285. The number of ketones is 2. The second-order valence-electron chi connectivity index (χ2n) is 3.04. The number of aliphatic hydroxyl groups is 1. The second-order valence-corrected chi connectivity index (χ2v) is 3.45. The number of aliphatic hydroxyl groups excluding tert-OH is 1. The van der Waals surface area contributed by atoms with Crippen LogP contribution in [0.2, 0.25) is 5.02 Å². The zero-order valence-corrected chi connectivity index (χ0v) is 8.08. The summed E-state index contributed by atoms with van der Waals surface area (Å²) in [6, 6.07) is 2.54. The molecule has 2 N–H and O–H groups in total. The largest absolute Gasteiger partial charge is 0.507 e. The van der Waals surface area contributed by atoms with E-state index in [2.05, 4.69) is 0 Å². The lowest BCUT2D eigenvalue weighted by Gasteiger charge is -2.14. The lowest BCUT2D eigenvalue weighted by atomic mass is 9.93. The molecular weight excluding hydrogens is 220 g/mol. The van der Waals surface area contributed by atoms with E-state index in [9.17, 15) is 19.8 Å². The number of phenolic OH excluding ortho intramolecular Hbond substituents is 1. The van der Waals surface area contributed by atoms with E-state index in [1.54, 1.807) is 0 Å². The molecular formula is C10H5ClO4. The fourth-order valence-corrected chi connectivity index (χ4v) is 1.68. The summed E-state index contributed by atoms with van der Waals surface area (Å²) in [5.41, 5.74) is -0.242. The van der Waals surface area contributed by atoms with Gasteiger partial charge in [0, 0.05) is 6.08 Å². The second kappa shape index (κ2) is 3.10. The Kier molecular flexibility index (Phi) is 2.01. The van der Waals surface area contributed by atoms with Gasteiger partial charge in [0.2, 0.25) is 11.6 Å². The van der Waals surface area contributed by atoms with Gasteiger partial charge in [-0.2, -0.15) is 0 Å². The number of benzene rings is 1. The number of Topliss-reactive ketones (excluding diaryl/α,β-unsaturated/α-hetero) is 1. The smallest absolute Gasteiger partial charge is 0.235 e. The number of aromatic hydroxyl groups is 1. The monoisotopic (exact) mass is 224 g/mol. The SMILES string of the molecule is O=C1C=C(O)c2c(O)ccc(Cl)c2C1=O. The Morgan fingerprint density at radius 3 is 2.40 bits per heavy atom. The number of carbonyl (C=O) groups is 2. The van der Waals surface area contributed by atoms with Crippen LogP contribution in [0.3, 0.4) is 0 Å². The maximum atomic E-state index is 11.4. The van der Waals surface area contributed by atoms with Crippen LogP contribution in [0.25, 0.3) is 5.76 Å². The summed E-state index contributed by atoms with van der Waals surface area (Å²) in [6.07, 6.45) is 0.765. The molecule has 0 spiro atoms. The van der Waals surface area contributed by atoms with E-state index in [1.807, 2.05) is 0 Å². The highest BCUT2D eigenvalue weighted by atomic mass is 35.5. The van der Waals surface area contributed by atoms with Gasteiger partial charge in [0.1, 0.15) is 11.5 Å². The maximum Gasteiger partial charge on any atom is 0.235 e. The maximum absolute atomic E-state index is 11.4. The summed E-state index contributed by atoms with van der Waals surface area (Å²) in [4.78, 5) is 22.5. The molecule has 76 valence electrons. The standard InChI is InChI=1S/C10H5ClO4/c11-4-1-2-5(12)9-6(13)3-7(14)10(15)8(4)9/h1-3,12-13H. The number of halogens is 1. The van der Waals surface area contributed by atoms with Crippen LogP contribution in [0, 0.1) is 0 Å². The van der Waals surface area contributed by atoms with Gasteiger partial charge in [0.15, 0.2) is 0 Å². The van der Waals surface area contributed by atoms with Gasteiger partial charge in [-0.3, -0.25) is 9.59 Å². The third kappa shape index (κ3) is 1.30. The molecule has 0 radical (unpaired) electrons. The highest BCUT2D eigenvalue weighted by Crippen LogP contribution is 2.35. The molecule has 1 aliphatic carbocycles. The van der Waals surface area contributed by atoms with E-state index >= 15 is 0 Å². The first-order chi connectivity index (χ1) is 7.02. The molecule has 0 atom stereocenters. The Hall–Kier alpha value is -1.81. The molecule has 1 aromatic carbocycles. The van der Waals surface area contributed by atoms with Crippen LogP contribution in [0.1, 0.15) is 15.9 Å². The quantitative estimate of drug-likeness (QED) is 0.658. The molecule has 0 heterocycles. The van der Waals surface area contributed by atoms with E-state index in [0.717, 1.165) is 6.08 Å². The van der Waals surface area contributed by atoms with Crippen LogP contribution < -0.4 is 0 Å². The minimum atomic E-state index is -0.854. The van der Waals surface area contributed by atoms with Gasteiger partial charge in [-0.1, -0.05) is 11.6 Å². The fourth-order valence-electron chi connectivity index (χ4n) is 1.43. The Balaban J connectivity index is 2.85. The van der Waals surface area contributed by atoms with Crippen molar-refractivity contribution in [2.45, 2.75) is 0 Å². The van der Waals surface area contributed by atoms with Crippen molar-refractivity contribution < 1.29 is 19.8 Å². The average Bonchev–Trinajstić information content (AvgIpc) is 2.18. The summed E-state index contributed by atoms with van der Waals surface area (Å²) < 4.78 is 0. The van der Waals surface area contributed by atoms with Crippen LogP contribution in [0.15, 0.2) is 18.2 Å². The lowest BCUT2D eigenvalue weighted by Crippen LogP contribution is -2.19. The predicted octanol–water partition coefficient (Wildman–Crippen LogP) is 1.71. The first-order valence-electron chi connectivity index (χ1n) is 4.03. The van der Waals surface area contributed by atoms with E-state index in [-0.39, 0.29) is 21.9 Å². The molecule has 4 nitrogen and oxygen atoms in total. The van der Waals surface area contributed by atoms with Gasteiger partial charge in [0.05, 0.1) is 16.1 Å². The first kappa shape index (κ1) is 9.73. The molecule has 1 aromatic rings. The number of phenols is 1. The van der Waals surface area contributed by atoms with Gasteiger partial charge in [-0.15, -0.1) is 0 Å². The van der Waals surface area contributed by atoms with E-state index in [4.69, 9.17) is 11.6 Å². The molecule has 5 heteroatoms. The molecule has 15 heavy (non-hydrogen) atoms. The van der Waals surface area contributed by atoms with Gasteiger partial charge < -0.3 is 10.2 Å². The Labute approximate surface area is 89.4 Å². The highest BCUT2D eigenvalue weighted by molar-refractivity contribution is 6.53. The summed E-state index contributed by atoms with van der Waals surface area (Å²) in [6.45, 7) is 0. The molecule has 0 aromatic heterocycles. The third-order valence-electron chi connectivity index (χ3n) is 2.11. The first-order valence-corrected chi connectivity index (χ1v) is 4.41. The summed E-state index contributed by atoms with van der Waals surface area (Å²) >= 11 is 5.72. The number of carbonyl (C=O) groups excluding carboxylic acids is 2. The molecule has 0 saturated carbocycles. The fraction of sp³-hybridized carbons (Fsp3) is 0. The summed E-state index contributed by atoms with van der Waals surface area (Å²) in [5, 5.41) is 18.9. The normalized spacial score (nSPS) is 14.9. The van der Waals surface area contributed by atoms with Gasteiger partial charge in [-0.05, 0) is 12.1 Å². The highest BCUT2D eigenvalue weighted by Gasteiger charge is 2.30. The van der Waals surface area contributed by atoms with E-state index < -0.39 is 17.3 Å². The minimum Gasteiger partial charge on any atom is -0.507 e. The van der Waals surface area contributed by atoms with Crippen LogP contribution >= 0.6 is 11.6 Å². The van der Waals surface area contributed by atoms with E-state index in [0.29, 0.717) is 0 Å². The number of hydrogen-bond donors (Lipinski definition) is 2. The van der Waals surface area contributed by atoms with Crippen molar-refractivity contribution in [2.75, 3.05) is 0 Å². The Morgan fingerprint density at radius 1 is 1.07 bits per heavy atom. The van der Waals surface area contributed by atoms with Crippen LogP contribution in [-0.4, -0.2) is 21.8 Å². The van der Waals surface area contributed by atoms with Gasteiger partial charge in [0.25, 0.3) is 0 Å². The average molecular weight is 225 g/mol. The zero-order chi connectivity index (χ0) is 11.2. The summed E-state index contributed by atoms with van der Waals surface area (Å²) in [7, 11) is 0. The third-order valence-corrected chi connectivity index (χ3v) is 2.42. The molecule has 0 aliphatic heterocycles.